The molecule has 2 heteroatoms. The number of aliphatic carboxylic acids is 1. The van der Waals surface area contributed by atoms with Crippen LogP contribution in [0.5, 0.6) is 0 Å². The summed E-state index contributed by atoms with van der Waals surface area (Å²) in [6.45, 7) is 6.31. The third-order valence-electron chi connectivity index (χ3n) is 2.79. The molecule has 1 N–H and O–H groups in total. The Hall–Kier alpha value is -1.57. The van der Waals surface area contributed by atoms with Gasteiger partial charge in [0.05, 0.1) is 0 Å². The van der Waals surface area contributed by atoms with Crippen molar-refractivity contribution in [2.75, 3.05) is 0 Å². The lowest BCUT2D eigenvalue weighted by atomic mass is 9.98. The molecule has 0 atom stereocenters. The van der Waals surface area contributed by atoms with Gasteiger partial charge < -0.3 is 5.11 Å². The molecule has 0 aliphatic rings. The number of carboxylic acid groups (broad SMARTS) is 1. The topological polar surface area (TPSA) is 37.3 Å². The molecule has 1 aromatic rings. The first-order chi connectivity index (χ1) is 7.50. The van der Waals surface area contributed by atoms with Gasteiger partial charge in [0.2, 0.25) is 0 Å². The quantitative estimate of drug-likeness (QED) is 0.788. The summed E-state index contributed by atoms with van der Waals surface area (Å²) < 4.78 is 0. The van der Waals surface area contributed by atoms with Crippen molar-refractivity contribution < 1.29 is 9.90 Å². The summed E-state index contributed by atoms with van der Waals surface area (Å²) in [4.78, 5) is 10.3. The van der Waals surface area contributed by atoms with Gasteiger partial charge in [-0.15, -0.1) is 0 Å². The maximum absolute atomic E-state index is 10.3. The Balaban J connectivity index is 2.67. The molecule has 2 nitrogen and oxygen atoms in total. The lowest BCUT2D eigenvalue weighted by molar-refractivity contribution is -0.131. The highest BCUT2D eigenvalue weighted by Crippen LogP contribution is 2.16. The molecule has 0 saturated carbocycles. The molecule has 0 saturated heterocycles. The van der Waals surface area contributed by atoms with E-state index in [0.29, 0.717) is 0 Å². The van der Waals surface area contributed by atoms with Crippen LogP contribution >= 0.6 is 0 Å². The number of rotatable bonds is 4. The van der Waals surface area contributed by atoms with Crippen LogP contribution in [0.1, 0.15) is 28.7 Å². The minimum Gasteiger partial charge on any atom is -0.478 e. The first-order valence-electron chi connectivity index (χ1n) is 5.47. The smallest absolute Gasteiger partial charge is 0.327 e. The van der Waals surface area contributed by atoms with Crippen LogP contribution in [0.2, 0.25) is 0 Å². The fraction of sp³-hybridized carbons (Fsp3) is 0.357. The molecule has 16 heavy (non-hydrogen) atoms. The van der Waals surface area contributed by atoms with Crippen molar-refractivity contribution in [3.8, 4) is 0 Å². The van der Waals surface area contributed by atoms with Crippen LogP contribution in [0.25, 0.3) is 0 Å². The number of hydrogen-bond acceptors (Lipinski definition) is 1. The van der Waals surface area contributed by atoms with E-state index in [1.807, 2.05) is 0 Å². The van der Waals surface area contributed by atoms with Gasteiger partial charge in [0.1, 0.15) is 0 Å². The number of benzene rings is 1. The summed E-state index contributed by atoms with van der Waals surface area (Å²) in [5.74, 6) is -0.878. The van der Waals surface area contributed by atoms with Gasteiger partial charge in [0.15, 0.2) is 0 Å². The van der Waals surface area contributed by atoms with Gasteiger partial charge in [0.25, 0.3) is 0 Å². The standard InChI is InChI=1S/C14H18O2/c1-10-8-12(3)13(9-11(10)2)6-4-5-7-14(15)16/h5,7-9H,4,6H2,1-3H3,(H,15,16)/b7-5+. The molecular weight excluding hydrogens is 200 g/mol. The van der Waals surface area contributed by atoms with E-state index in [2.05, 4.69) is 32.9 Å². The van der Waals surface area contributed by atoms with Crippen molar-refractivity contribution in [2.45, 2.75) is 33.6 Å². The van der Waals surface area contributed by atoms with Crippen molar-refractivity contribution in [3.05, 3.63) is 46.5 Å². The van der Waals surface area contributed by atoms with Crippen molar-refractivity contribution in [1.29, 1.82) is 0 Å². The van der Waals surface area contributed by atoms with Crippen LogP contribution < -0.4 is 0 Å². The molecule has 0 amide bonds. The van der Waals surface area contributed by atoms with Gasteiger partial charge in [-0.2, -0.15) is 0 Å². The molecule has 0 aliphatic heterocycles. The predicted molar refractivity (Wildman–Crippen MR) is 65.7 cm³/mol. The number of hydrogen-bond donors (Lipinski definition) is 1. The van der Waals surface area contributed by atoms with E-state index in [0.717, 1.165) is 12.8 Å². The number of carboxylic acids is 1. The van der Waals surface area contributed by atoms with E-state index in [4.69, 9.17) is 5.11 Å². The largest absolute Gasteiger partial charge is 0.478 e. The van der Waals surface area contributed by atoms with E-state index < -0.39 is 5.97 Å². The van der Waals surface area contributed by atoms with Crippen LogP contribution in [0, 0.1) is 20.8 Å². The summed E-state index contributed by atoms with van der Waals surface area (Å²) in [6.07, 6.45) is 4.58. The van der Waals surface area contributed by atoms with Crippen molar-refractivity contribution >= 4 is 5.97 Å². The molecular formula is C14H18O2. The lowest BCUT2D eigenvalue weighted by Gasteiger charge is -2.08. The van der Waals surface area contributed by atoms with Crippen LogP contribution in [0.4, 0.5) is 0 Å². The normalized spacial score (nSPS) is 10.9. The average molecular weight is 218 g/mol. The molecule has 0 heterocycles. The molecule has 1 aromatic carbocycles. The van der Waals surface area contributed by atoms with Crippen molar-refractivity contribution in [3.63, 3.8) is 0 Å². The molecule has 86 valence electrons. The Morgan fingerprint density at radius 2 is 1.81 bits per heavy atom. The fourth-order valence-electron chi connectivity index (χ4n) is 1.71. The van der Waals surface area contributed by atoms with Gasteiger partial charge in [-0.3, -0.25) is 0 Å². The van der Waals surface area contributed by atoms with Crippen LogP contribution in [0.3, 0.4) is 0 Å². The van der Waals surface area contributed by atoms with E-state index >= 15 is 0 Å². The molecule has 0 aromatic heterocycles. The second-order valence-electron chi connectivity index (χ2n) is 4.14. The molecule has 0 aliphatic carbocycles. The molecule has 0 spiro atoms. The van der Waals surface area contributed by atoms with Gasteiger partial charge >= 0.3 is 5.97 Å². The van der Waals surface area contributed by atoms with Gasteiger partial charge in [0, 0.05) is 6.08 Å². The van der Waals surface area contributed by atoms with Crippen molar-refractivity contribution in [2.24, 2.45) is 0 Å². The average Bonchev–Trinajstić information content (AvgIpc) is 2.19. The van der Waals surface area contributed by atoms with Crippen LogP contribution in [-0.4, -0.2) is 11.1 Å². The van der Waals surface area contributed by atoms with Gasteiger partial charge in [-0.05, 0) is 55.9 Å². The molecule has 0 fully saturated rings. The van der Waals surface area contributed by atoms with E-state index in [1.54, 1.807) is 6.08 Å². The number of aryl methyl sites for hydroxylation is 4. The summed E-state index contributed by atoms with van der Waals surface area (Å²) in [7, 11) is 0. The Bertz CT molecular complexity index is 417. The zero-order valence-electron chi connectivity index (χ0n) is 10.1. The molecule has 0 radical (unpaired) electrons. The highest BCUT2D eigenvalue weighted by Gasteiger charge is 2.00. The Morgan fingerprint density at radius 1 is 1.19 bits per heavy atom. The van der Waals surface area contributed by atoms with E-state index in [1.165, 1.54) is 28.3 Å². The number of allylic oxidation sites excluding steroid dienone is 1. The van der Waals surface area contributed by atoms with Crippen molar-refractivity contribution in [1.82, 2.24) is 0 Å². The Morgan fingerprint density at radius 3 is 2.44 bits per heavy atom. The zero-order chi connectivity index (χ0) is 12.1. The van der Waals surface area contributed by atoms with E-state index in [-0.39, 0.29) is 0 Å². The molecule has 0 unspecified atom stereocenters. The minimum atomic E-state index is -0.878. The summed E-state index contributed by atoms with van der Waals surface area (Å²) in [5, 5.41) is 8.46. The minimum absolute atomic E-state index is 0.773. The first kappa shape index (κ1) is 12.5. The summed E-state index contributed by atoms with van der Waals surface area (Å²) in [6, 6.07) is 4.38. The van der Waals surface area contributed by atoms with Crippen LogP contribution in [-0.2, 0) is 11.2 Å². The Labute approximate surface area is 96.6 Å². The maximum atomic E-state index is 10.3. The predicted octanol–water partition coefficient (Wildman–Crippen LogP) is 3.19. The summed E-state index contributed by atoms with van der Waals surface area (Å²) in [5.41, 5.74) is 5.19. The monoisotopic (exact) mass is 218 g/mol. The number of carbonyl (C=O) groups is 1. The SMILES string of the molecule is Cc1cc(C)c(CC/C=C/C(=O)O)cc1C. The Kier molecular flexibility index (Phi) is 4.29. The maximum Gasteiger partial charge on any atom is 0.327 e. The fourth-order valence-corrected chi connectivity index (χ4v) is 1.71. The second-order valence-corrected chi connectivity index (χ2v) is 4.14. The summed E-state index contributed by atoms with van der Waals surface area (Å²) >= 11 is 0. The van der Waals surface area contributed by atoms with E-state index in [9.17, 15) is 4.79 Å². The molecule has 0 bridgehead atoms. The van der Waals surface area contributed by atoms with Crippen LogP contribution in [0.15, 0.2) is 24.3 Å². The first-order valence-corrected chi connectivity index (χ1v) is 5.47. The van der Waals surface area contributed by atoms with Gasteiger partial charge in [-0.1, -0.05) is 18.2 Å². The third-order valence-corrected chi connectivity index (χ3v) is 2.79. The zero-order valence-corrected chi connectivity index (χ0v) is 10.1. The highest BCUT2D eigenvalue weighted by molar-refractivity contribution is 5.79. The highest BCUT2D eigenvalue weighted by atomic mass is 16.4. The van der Waals surface area contributed by atoms with Gasteiger partial charge in [-0.25, -0.2) is 4.79 Å². The lowest BCUT2D eigenvalue weighted by Crippen LogP contribution is -1.93. The third kappa shape index (κ3) is 3.54. The molecule has 1 rings (SSSR count). The second kappa shape index (κ2) is 5.50.